The third-order valence-corrected chi connectivity index (χ3v) is 10.3. The lowest BCUT2D eigenvalue weighted by Crippen LogP contribution is -1.83. The van der Waals surface area contributed by atoms with Crippen molar-refractivity contribution in [1.29, 1.82) is 0 Å². The molecule has 0 radical (unpaired) electrons. The SMILES string of the molecule is C(C=Cc1ccccc1)=Cc1ccccc1.CCP(CC)CC.CCP(CC)CC. The summed E-state index contributed by atoms with van der Waals surface area (Å²) in [7, 11) is 0.892. The number of hydrogen-bond donors (Lipinski definition) is 0. The van der Waals surface area contributed by atoms with Gasteiger partial charge in [-0.25, -0.2) is 0 Å². The van der Waals surface area contributed by atoms with E-state index in [0.29, 0.717) is 15.8 Å². The van der Waals surface area contributed by atoms with Gasteiger partial charge in [0.1, 0.15) is 0 Å². The number of benzene rings is 2. The molecule has 0 saturated heterocycles. The Morgan fingerprint density at radius 3 is 0.933 bits per heavy atom. The fraction of sp³-hybridized carbons (Fsp3) is 0.429. The van der Waals surface area contributed by atoms with E-state index in [1.54, 1.807) is 0 Å². The highest BCUT2D eigenvalue weighted by atomic mass is 31.1. The molecule has 0 bridgehead atoms. The summed E-state index contributed by atoms with van der Waals surface area (Å²) in [6.45, 7) is 13.7. The summed E-state index contributed by atoms with van der Waals surface area (Å²) in [5, 5.41) is 0. The van der Waals surface area contributed by atoms with Crippen LogP contribution in [0.5, 0.6) is 0 Å². The third-order valence-electron chi connectivity index (χ3n) is 4.97. The number of rotatable bonds is 9. The largest absolute Gasteiger partial charge is 0.108 e. The van der Waals surface area contributed by atoms with Crippen molar-refractivity contribution in [3.8, 4) is 0 Å². The Bertz CT molecular complexity index is 568. The van der Waals surface area contributed by atoms with Crippen LogP contribution in [0.2, 0.25) is 0 Å². The van der Waals surface area contributed by atoms with E-state index in [0.717, 1.165) is 0 Å². The van der Waals surface area contributed by atoms with Crippen molar-refractivity contribution >= 4 is 28.0 Å². The lowest BCUT2D eigenvalue weighted by molar-refractivity contribution is 1.35. The van der Waals surface area contributed by atoms with Crippen LogP contribution in [0, 0.1) is 0 Å². The molecule has 2 aromatic carbocycles. The summed E-state index contributed by atoms with van der Waals surface area (Å²) in [5.74, 6) is 0. The average Bonchev–Trinajstić information content (AvgIpc) is 2.81. The van der Waals surface area contributed by atoms with E-state index in [1.165, 1.54) is 48.1 Å². The second-order valence-corrected chi connectivity index (χ2v) is 13.3. The second kappa shape index (κ2) is 21.0. The summed E-state index contributed by atoms with van der Waals surface area (Å²) in [6.07, 6.45) is 16.8. The summed E-state index contributed by atoms with van der Waals surface area (Å²) < 4.78 is 0. The first-order valence-corrected chi connectivity index (χ1v) is 15.3. The number of hydrogen-bond acceptors (Lipinski definition) is 0. The molecule has 0 fully saturated rings. The molecule has 0 aliphatic carbocycles. The molecule has 0 N–H and O–H groups in total. The van der Waals surface area contributed by atoms with Crippen molar-refractivity contribution in [2.24, 2.45) is 0 Å². The van der Waals surface area contributed by atoms with E-state index >= 15 is 0 Å². The maximum Gasteiger partial charge on any atom is -0.0257 e. The van der Waals surface area contributed by atoms with Gasteiger partial charge in [-0.2, -0.15) is 0 Å². The Labute approximate surface area is 190 Å². The van der Waals surface area contributed by atoms with Crippen LogP contribution in [0.1, 0.15) is 52.7 Å². The van der Waals surface area contributed by atoms with Gasteiger partial charge in [0.05, 0.1) is 0 Å². The minimum atomic E-state index is 0.446. The van der Waals surface area contributed by atoms with E-state index in [1.807, 2.05) is 36.4 Å². The van der Waals surface area contributed by atoms with Crippen LogP contribution in [0.15, 0.2) is 72.8 Å². The van der Waals surface area contributed by atoms with Crippen molar-refractivity contribution in [2.75, 3.05) is 37.0 Å². The van der Waals surface area contributed by atoms with Crippen molar-refractivity contribution in [3.05, 3.63) is 83.9 Å². The molecule has 0 nitrogen and oxygen atoms in total. The Kier molecular flexibility index (Phi) is 20.2. The molecule has 0 heterocycles. The molecule has 0 aliphatic heterocycles. The lowest BCUT2D eigenvalue weighted by atomic mass is 10.2. The zero-order valence-corrected chi connectivity index (χ0v) is 22.0. The molecule has 0 saturated carbocycles. The monoisotopic (exact) mass is 442 g/mol. The zero-order chi connectivity index (χ0) is 22.5. The van der Waals surface area contributed by atoms with Gasteiger partial charge in [0.15, 0.2) is 0 Å². The fourth-order valence-corrected chi connectivity index (χ4v) is 5.49. The van der Waals surface area contributed by atoms with E-state index in [4.69, 9.17) is 0 Å². The molecule has 0 aliphatic rings. The predicted octanol–water partition coefficient (Wildman–Crippen LogP) is 9.47. The van der Waals surface area contributed by atoms with Crippen LogP contribution in [-0.2, 0) is 0 Å². The normalized spacial score (nSPS) is 10.8. The van der Waals surface area contributed by atoms with Gasteiger partial charge in [0.25, 0.3) is 0 Å². The van der Waals surface area contributed by atoms with Gasteiger partial charge in [0, 0.05) is 0 Å². The first kappa shape index (κ1) is 28.8. The van der Waals surface area contributed by atoms with Crippen molar-refractivity contribution in [1.82, 2.24) is 0 Å². The highest BCUT2D eigenvalue weighted by Crippen LogP contribution is 2.33. The van der Waals surface area contributed by atoms with Gasteiger partial charge in [-0.05, 0) is 48.1 Å². The minimum Gasteiger partial charge on any atom is -0.108 e. The van der Waals surface area contributed by atoms with E-state index in [9.17, 15) is 0 Å². The van der Waals surface area contributed by atoms with E-state index < -0.39 is 0 Å². The lowest BCUT2D eigenvalue weighted by Gasteiger charge is -2.07. The molecule has 2 rings (SSSR count). The third kappa shape index (κ3) is 15.6. The minimum absolute atomic E-state index is 0.446. The molecule has 166 valence electrons. The Morgan fingerprint density at radius 2 is 0.733 bits per heavy atom. The first-order chi connectivity index (χ1) is 14.6. The average molecular weight is 443 g/mol. The van der Waals surface area contributed by atoms with Gasteiger partial charge in [-0.3, -0.25) is 0 Å². The second-order valence-electron chi connectivity index (χ2n) is 6.78. The highest BCUT2D eigenvalue weighted by Gasteiger charge is 1.95. The van der Waals surface area contributed by atoms with Gasteiger partial charge < -0.3 is 0 Å². The first-order valence-electron chi connectivity index (χ1n) is 11.5. The fourth-order valence-electron chi connectivity index (χ4n) is 2.80. The topological polar surface area (TPSA) is 0 Å². The van der Waals surface area contributed by atoms with Crippen molar-refractivity contribution < 1.29 is 0 Å². The Balaban J connectivity index is 0.000000503. The summed E-state index contributed by atoms with van der Waals surface area (Å²) in [5.41, 5.74) is 2.44. The molecule has 0 atom stereocenters. The molecule has 2 heteroatoms. The molecule has 0 spiro atoms. The molecule has 0 aromatic heterocycles. The van der Waals surface area contributed by atoms with E-state index in [2.05, 4.69) is 90.1 Å². The molecule has 2 aromatic rings. The van der Waals surface area contributed by atoms with Crippen LogP contribution < -0.4 is 0 Å². The van der Waals surface area contributed by atoms with Gasteiger partial charge in [-0.1, -0.05) is 127 Å². The molecular weight excluding hydrogens is 398 g/mol. The summed E-state index contributed by atoms with van der Waals surface area (Å²) >= 11 is 0. The Hall–Kier alpha value is -1.22. The standard InChI is InChI=1S/C16H14.2C6H15P/c1-3-9-15(10-4-1)13-7-8-14-16-11-5-2-6-12-16;2*1-4-7(5-2)6-3/h1-14H;2*4-6H2,1-3H3. The summed E-state index contributed by atoms with van der Waals surface area (Å²) in [4.78, 5) is 0. The maximum atomic E-state index is 2.29. The number of allylic oxidation sites excluding steroid dienone is 2. The molecule has 30 heavy (non-hydrogen) atoms. The van der Waals surface area contributed by atoms with Gasteiger partial charge >= 0.3 is 0 Å². The van der Waals surface area contributed by atoms with Crippen molar-refractivity contribution in [3.63, 3.8) is 0 Å². The van der Waals surface area contributed by atoms with Crippen LogP contribution in [0.4, 0.5) is 0 Å². The molecular formula is C28H44P2. The predicted molar refractivity (Wildman–Crippen MR) is 148 cm³/mol. The quantitative estimate of drug-likeness (QED) is 0.268. The van der Waals surface area contributed by atoms with Crippen LogP contribution >= 0.6 is 15.8 Å². The van der Waals surface area contributed by atoms with Crippen LogP contribution in [0.3, 0.4) is 0 Å². The zero-order valence-electron chi connectivity index (χ0n) is 20.2. The maximum absolute atomic E-state index is 2.29. The van der Waals surface area contributed by atoms with Gasteiger partial charge in [-0.15, -0.1) is 15.8 Å². The summed E-state index contributed by atoms with van der Waals surface area (Å²) in [6, 6.07) is 20.6. The van der Waals surface area contributed by atoms with Crippen LogP contribution in [0.25, 0.3) is 12.2 Å². The van der Waals surface area contributed by atoms with Crippen LogP contribution in [-0.4, -0.2) is 37.0 Å². The smallest absolute Gasteiger partial charge is 0.0257 e. The van der Waals surface area contributed by atoms with Crippen molar-refractivity contribution in [2.45, 2.75) is 41.5 Å². The van der Waals surface area contributed by atoms with Gasteiger partial charge in [0.2, 0.25) is 0 Å². The highest BCUT2D eigenvalue weighted by molar-refractivity contribution is 7.57. The Morgan fingerprint density at radius 1 is 0.467 bits per heavy atom. The molecule has 0 unspecified atom stereocenters. The molecule has 0 amide bonds. The van der Waals surface area contributed by atoms with E-state index in [-0.39, 0.29) is 0 Å².